The Bertz CT molecular complexity index is 797. The summed E-state index contributed by atoms with van der Waals surface area (Å²) >= 11 is 0. The third-order valence-electron chi connectivity index (χ3n) is 3.62. The van der Waals surface area contributed by atoms with Gasteiger partial charge in [-0.3, -0.25) is 9.59 Å². The van der Waals surface area contributed by atoms with E-state index in [2.05, 4.69) is 5.10 Å². The topological polar surface area (TPSA) is 75.3 Å². The van der Waals surface area contributed by atoms with Crippen LogP contribution in [-0.4, -0.2) is 43.2 Å². The Morgan fingerprint density at radius 3 is 2.71 bits per heavy atom. The van der Waals surface area contributed by atoms with Crippen molar-refractivity contribution in [3.8, 4) is 5.75 Å². The molecule has 2 heterocycles. The Morgan fingerprint density at radius 2 is 2.00 bits per heavy atom. The summed E-state index contributed by atoms with van der Waals surface area (Å²) in [7, 11) is 1.55. The zero-order valence-electron chi connectivity index (χ0n) is 13.4. The molecule has 1 aliphatic rings. The first-order valence-electron chi connectivity index (χ1n) is 7.42. The van der Waals surface area contributed by atoms with Crippen LogP contribution in [0.4, 0.5) is 5.69 Å². The number of rotatable bonds is 4. The molecule has 2 amide bonds. The lowest BCUT2D eigenvalue weighted by atomic mass is 10.2. The lowest BCUT2D eigenvalue weighted by molar-refractivity contribution is -0.138. The lowest BCUT2D eigenvalue weighted by Gasteiger charge is -2.31. The van der Waals surface area contributed by atoms with Crippen LogP contribution < -0.4 is 9.64 Å². The van der Waals surface area contributed by atoms with Crippen LogP contribution in [0.1, 0.15) is 11.5 Å². The van der Waals surface area contributed by atoms with Gasteiger partial charge in [0.15, 0.2) is 0 Å². The van der Waals surface area contributed by atoms with Crippen molar-refractivity contribution in [1.82, 2.24) is 5.01 Å². The number of amides is 2. The maximum absolute atomic E-state index is 12.4. The number of aryl methyl sites for hydroxylation is 1. The van der Waals surface area contributed by atoms with E-state index < -0.39 is 0 Å². The van der Waals surface area contributed by atoms with E-state index in [1.54, 1.807) is 43.5 Å². The monoisotopic (exact) mass is 327 g/mol. The zero-order chi connectivity index (χ0) is 17.1. The number of hydrazone groups is 1. The van der Waals surface area contributed by atoms with Gasteiger partial charge in [-0.15, -0.1) is 0 Å². The molecule has 0 radical (unpaired) electrons. The summed E-state index contributed by atoms with van der Waals surface area (Å²) in [6, 6.07) is 10.6. The van der Waals surface area contributed by atoms with Crippen LogP contribution in [0.3, 0.4) is 0 Å². The molecule has 1 aliphatic heterocycles. The molecule has 1 aromatic heterocycles. The molecule has 0 unspecified atom stereocenters. The number of anilines is 1. The number of carbonyl (C=O) groups excluding carboxylic acids is 2. The first kappa shape index (κ1) is 15.8. The number of ether oxygens (including phenoxy) is 1. The molecule has 3 rings (SSSR count). The fourth-order valence-corrected chi connectivity index (χ4v) is 2.37. The van der Waals surface area contributed by atoms with Crippen LogP contribution in [0.15, 0.2) is 45.9 Å². The van der Waals surface area contributed by atoms with E-state index in [0.717, 1.165) is 10.8 Å². The predicted molar refractivity (Wildman–Crippen MR) is 88.1 cm³/mol. The van der Waals surface area contributed by atoms with Gasteiger partial charge in [-0.1, -0.05) is 6.07 Å². The van der Waals surface area contributed by atoms with E-state index in [1.807, 2.05) is 6.92 Å². The van der Waals surface area contributed by atoms with Gasteiger partial charge in [0.05, 0.1) is 13.3 Å². The molecule has 124 valence electrons. The Kier molecular flexibility index (Phi) is 4.33. The van der Waals surface area contributed by atoms with Gasteiger partial charge in [-0.05, 0) is 31.2 Å². The van der Waals surface area contributed by atoms with Crippen molar-refractivity contribution in [2.24, 2.45) is 5.10 Å². The number of hydrogen-bond donors (Lipinski definition) is 0. The first-order valence-corrected chi connectivity index (χ1v) is 7.42. The van der Waals surface area contributed by atoms with Crippen molar-refractivity contribution < 1.29 is 18.7 Å². The molecule has 2 aromatic rings. The summed E-state index contributed by atoms with van der Waals surface area (Å²) in [6.07, 6.45) is 1.43. The Labute approximate surface area is 139 Å². The molecule has 1 fully saturated rings. The van der Waals surface area contributed by atoms with E-state index in [9.17, 15) is 9.59 Å². The molecular formula is C17H17N3O4. The summed E-state index contributed by atoms with van der Waals surface area (Å²) < 4.78 is 10.5. The summed E-state index contributed by atoms with van der Waals surface area (Å²) in [4.78, 5) is 26.0. The minimum Gasteiger partial charge on any atom is -0.497 e. The second-order valence-electron chi connectivity index (χ2n) is 5.33. The van der Waals surface area contributed by atoms with Gasteiger partial charge in [0.25, 0.3) is 5.91 Å². The molecular weight excluding hydrogens is 310 g/mol. The largest absolute Gasteiger partial charge is 0.497 e. The van der Waals surface area contributed by atoms with E-state index in [-0.39, 0.29) is 24.9 Å². The lowest BCUT2D eigenvalue weighted by Crippen LogP contribution is -2.52. The molecule has 0 N–H and O–H groups in total. The SMILES string of the molecule is COc1cccc(N2CC(=O)N(/N=C\c3ccc(C)o3)CC2=O)c1. The third-order valence-corrected chi connectivity index (χ3v) is 3.62. The van der Waals surface area contributed by atoms with Gasteiger partial charge in [0.2, 0.25) is 5.91 Å². The standard InChI is InChI=1S/C17H17N3O4/c1-12-6-7-15(24-12)9-18-20-11-16(21)19(10-17(20)22)13-4-3-5-14(8-13)23-2/h3-9H,10-11H2,1-2H3/b18-9-. The average molecular weight is 327 g/mol. The number of benzene rings is 1. The molecule has 0 atom stereocenters. The highest BCUT2D eigenvalue weighted by Gasteiger charge is 2.30. The van der Waals surface area contributed by atoms with E-state index in [1.165, 1.54) is 11.1 Å². The number of furan rings is 1. The fraction of sp³-hybridized carbons (Fsp3) is 0.235. The zero-order valence-corrected chi connectivity index (χ0v) is 13.4. The highest BCUT2D eigenvalue weighted by molar-refractivity contribution is 6.04. The van der Waals surface area contributed by atoms with Crippen LogP contribution in [0.2, 0.25) is 0 Å². The van der Waals surface area contributed by atoms with Gasteiger partial charge in [0, 0.05) is 11.8 Å². The van der Waals surface area contributed by atoms with Crippen molar-refractivity contribution in [2.45, 2.75) is 6.92 Å². The summed E-state index contributed by atoms with van der Waals surface area (Å²) in [5.74, 6) is 1.43. The van der Waals surface area contributed by atoms with Crippen LogP contribution >= 0.6 is 0 Å². The average Bonchev–Trinajstić information content (AvgIpc) is 3.00. The quantitative estimate of drug-likeness (QED) is 0.803. The molecule has 7 heteroatoms. The number of piperazine rings is 1. The highest BCUT2D eigenvalue weighted by Crippen LogP contribution is 2.23. The predicted octanol–water partition coefficient (Wildman–Crippen LogP) is 1.81. The number of hydrogen-bond acceptors (Lipinski definition) is 5. The summed E-state index contributed by atoms with van der Waals surface area (Å²) in [6.45, 7) is 1.63. The number of methoxy groups -OCH3 is 1. The van der Waals surface area contributed by atoms with Crippen LogP contribution in [-0.2, 0) is 9.59 Å². The Morgan fingerprint density at radius 1 is 1.17 bits per heavy atom. The van der Waals surface area contributed by atoms with Gasteiger partial charge in [-0.25, -0.2) is 5.01 Å². The van der Waals surface area contributed by atoms with Crippen LogP contribution in [0.5, 0.6) is 5.75 Å². The summed E-state index contributed by atoms with van der Waals surface area (Å²) in [5, 5.41) is 5.20. The smallest absolute Gasteiger partial charge is 0.263 e. The minimum atomic E-state index is -0.267. The van der Waals surface area contributed by atoms with E-state index >= 15 is 0 Å². The normalized spacial score (nSPS) is 15.4. The molecule has 0 bridgehead atoms. The van der Waals surface area contributed by atoms with Crippen molar-refractivity contribution in [2.75, 3.05) is 25.1 Å². The van der Waals surface area contributed by atoms with Crippen molar-refractivity contribution in [3.05, 3.63) is 47.9 Å². The van der Waals surface area contributed by atoms with E-state index in [4.69, 9.17) is 9.15 Å². The van der Waals surface area contributed by atoms with E-state index in [0.29, 0.717) is 17.2 Å². The van der Waals surface area contributed by atoms with Crippen LogP contribution in [0.25, 0.3) is 0 Å². The fourth-order valence-electron chi connectivity index (χ4n) is 2.37. The van der Waals surface area contributed by atoms with Crippen molar-refractivity contribution in [3.63, 3.8) is 0 Å². The van der Waals surface area contributed by atoms with Crippen molar-refractivity contribution >= 4 is 23.7 Å². The van der Waals surface area contributed by atoms with Gasteiger partial charge in [0.1, 0.15) is 30.4 Å². The molecule has 0 spiro atoms. The molecule has 0 aliphatic carbocycles. The van der Waals surface area contributed by atoms with Crippen LogP contribution in [0, 0.1) is 6.92 Å². The van der Waals surface area contributed by atoms with Crippen molar-refractivity contribution in [1.29, 1.82) is 0 Å². The Hall–Kier alpha value is -3.09. The second kappa shape index (κ2) is 6.57. The summed E-state index contributed by atoms with van der Waals surface area (Å²) in [5.41, 5.74) is 0.623. The highest BCUT2D eigenvalue weighted by atomic mass is 16.5. The number of carbonyl (C=O) groups is 2. The molecule has 7 nitrogen and oxygen atoms in total. The molecule has 0 saturated carbocycles. The van der Waals surface area contributed by atoms with Gasteiger partial charge in [-0.2, -0.15) is 5.10 Å². The first-order chi connectivity index (χ1) is 11.6. The Balaban J connectivity index is 1.73. The maximum atomic E-state index is 12.4. The number of nitrogens with zero attached hydrogens (tertiary/aromatic N) is 3. The van der Waals surface area contributed by atoms with Gasteiger partial charge >= 0.3 is 0 Å². The molecule has 1 saturated heterocycles. The maximum Gasteiger partial charge on any atom is 0.263 e. The van der Waals surface area contributed by atoms with Gasteiger partial charge < -0.3 is 14.1 Å². The molecule has 24 heavy (non-hydrogen) atoms. The third kappa shape index (κ3) is 3.29. The second-order valence-corrected chi connectivity index (χ2v) is 5.33. The molecule has 1 aromatic carbocycles. The minimum absolute atomic E-state index is 0.0689.